The second-order valence-electron chi connectivity index (χ2n) is 3.81. The summed E-state index contributed by atoms with van der Waals surface area (Å²) < 4.78 is 5.17. The number of nitrogens with one attached hydrogen (secondary N) is 1. The molecule has 74 valence electrons. The Morgan fingerprint density at radius 2 is 2.46 bits per heavy atom. The summed E-state index contributed by atoms with van der Waals surface area (Å²) in [6, 6.07) is 0.637. The van der Waals surface area contributed by atoms with Gasteiger partial charge in [0.15, 0.2) is 0 Å². The molecule has 0 saturated carbocycles. The highest BCUT2D eigenvalue weighted by Crippen LogP contribution is 2.16. The van der Waals surface area contributed by atoms with Crippen LogP contribution in [-0.2, 0) is 9.53 Å². The topological polar surface area (TPSA) is 41.6 Å². The average Bonchev–Trinajstić information content (AvgIpc) is 2.57. The molecule has 0 spiro atoms. The quantitative estimate of drug-likeness (QED) is 0.602. The summed E-state index contributed by atoms with van der Waals surface area (Å²) in [5.41, 5.74) is 0. The molecular weight excluding hydrogens is 168 g/mol. The van der Waals surface area contributed by atoms with Gasteiger partial charge in [0.05, 0.1) is 12.6 Å². The van der Waals surface area contributed by atoms with Gasteiger partial charge in [-0.3, -0.25) is 4.79 Å². The third-order valence-corrected chi connectivity index (χ3v) is 2.78. The molecule has 0 bridgehead atoms. The van der Waals surface area contributed by atoms with Crippen molar-refractivity contribution < 1.29 is 9.53 Å². The van der Waals surface area contributed by atoms with Gasteiger partial charge in [-0.15, -0.1) is 0 Å². The number of carbonyl (C=O) groups is 1. The van der Waals surface area contributed by atoms with E-state index in [2.05, 4.69) is 12.2 Å². The highest BCUT2D eigenvalue weighted by atomic mass is 16.5. The summed E-state index contributed by atoms with van der Waals surface area (Å²) in [6.07, 6.45) is 1.08. The lowest BCUT2D eigenvalue weighted by Gasteiger charge is -2.37. The Balaban J connectivity index is 2.04. The molecule has 0 radical (unpaired) electrons. The second-order valence-corrected chi connectivity index (χ2v) is 3.81. The summed E-state index contributed by atoms with van der Waals surface area (Å²) in [5, 5.41) is 3.28. The lowest BCUT2D eigenvalue weighted by atomic mass is 10.1. The summed E-state index contributed by atoms with van der Waals surface area (Å²) in [6.45, 7) is 4.97. The van der Waals surface area contributed by atoms with E-state index in [1.54, 1.807) is 0 Å². The zero-order chi connectivity index (χ0) is 9.26. The van der Waals surface area contributed by atoms with Crippen LogP contribution in [0.5, 0.6) is 0 Å². The van der Waals surface area contributed by atoms with Crippen molar-refractivity contribution in [3.05, 3.63) is 0 Å². The van der Waals surface area contributed by atoms with Gasteiger partial charge < -0.3 is 15.0 Å². The van der Waals surface area contributed by atoms with E-state index in [0.29, 0.717) is 12.6 Å². The van der Waals surface area contributed by atoms with Crippen molar-refractivity contribution in [2.75, 3.05) is 26.3 Å². The molecule has 0 aromatic carbocycles. The van der Waals surface area contributed by atoms with Crippen LogP contribution in [-0.4, -0.2) is 49.2 Å². The normalized spacial score (nSPS) is 35.5. The van der Waals surface area contributed by atoms with E-state index >= 15 is 0 Å². The van der Waals surface area contributed by atoms with Crippen molar-refractivity contribution in [1.82, 2.24) is 10.2 Å². The van der Waals surface area contributed by atoms with Gasteiger partial charge in [0, 0.05) is 12.6 Å². The van der Waals surface area contributed by atoms with Gasteiger partial charge in [-0.2, -0.15) is 0 Å². The Hall–Kier alpha value is -0.610. The Morgan fingerprint density at radius 1 is 1.62 bits per heavy atom. The first kappa shape index (κ1) is 8.97. The molecule has 2 saturated heterocycles. The first-order chi connectivity index (χ1) is 6.29. The van der Waals surface area contributed by atoms with Crippen molar-refractivity contribution in [2.24, 2.45) is 0 Å². The van der Waals surface area contributed by atoms with E-state index in [-0.39, 0.29) is 18.6 Å². The zero-order valence-electron chi connectivity index (χ0n) is 7.95. The van der Waals surface area contributed by atoms with Crippen LogP contribution in [0.2, 0.25) is 0 Å². The Labute approximate surface area is 78.2 Å². The molecule has 4 nitrogen and oxygen atoms in total. The largest absolute Gasteiger partial charge is 0.370 e. The van der Waals surface area contributed by atoms with Gasteiger partial charge in [0.25, 0.3) is 0 Å². The van der Waals surface area contributed by atoms with E-state index in [4.69, 9.17) is 4.74 Å². The van der Waals surface area contributed by atoms with Gasteiger partial charge in [-0.25, -0.2) is 0 Å². The van der Waals surface area contributed by atoms with E-state index < -0.39 is 0 Å². The maximum absolute atomic E-state index is 11.6. The maximum atomic E-state index is 11.6. The van der Waals surface area contributed by atoms with Gasteiger partial charge >= 0.3 is 0 Å². The number of morpholine rings is 1. The van der Waals surface area contributed by atoms with Crippen LogP contribution in [0, 0.1) is 0 Å². The van der Waals surface area contributed by atoms with Gasteiger partial charge in [0.1, 0.15) is 6.61 Å². The first-order valence-electron chi connectivity index (χ1n) is 4.88. The van der Waals surface area contributed by atoms with E-state index in [9.17, 15) is 4.79 Å². The Morgan fingerprint density at radius 3 is 3.08 bits per heavy atom. The number of ether oxygens (including phenoxy) is 1. The first-order valence-corrected chi connectivity index (χ1v) is 4.88. The minimum Gasteiger partial charge on any atom is -0.370 e. The van der Waals surface area contributed by atoms with Crippen LogP contribution < -0.4 is 5.32 Å². The molecule has 2 rings (SSSR count). The predicted molar refractivity (Wildman–Crippen MR) is 48.4 cm³/mol. The molecule has 13 heavy (non-hydrogen) atoms. The Kier molecular flexibility index (Phi) is 2.51. The van der Waals surface area contributed by atoms with Crippen LogP contribution in [0.4, 0.5) is 0 Å². The van der Waals surface area contributed by atoms with Crippen LogP contribution >= 0.6 is 0 Å². The van der Waals surface area contributed by atoms with Crippen molar-refractivity contribution in [3.8, 4) is 0 Å². The molecule has 2 heterocycles. The zero-order valence-corrected chi connectivity index (χ0v) is 7.95. The second kappa shape index (κ2) is 3.64. The van der Waals surface area contributed by atoms with Crippen LogP contribution in [0.15, 0.2) is 0 Å². The van der Waals surface area contributed by atoms with E-state index in [0.717, 1.165) is 19.5 Å². The standard InChI is InChI=1S/C9H16N2O2/c1-7-5-13-6-9(12)11(7)8-2-3-10-4-8/h7-8,10H,2-6H2,1H3. The molecule has 1 amide bonds. The monoisotopic (exact) mass is 184 g/mol. The smallest absolute Gasteiger partial charge is 0.249 e. The molecule has 2 unspecified atom stereocenters. The van der Waals surface area contributed by atoms with Crippen molar-refractivity contribution in [2.45, 2.75) is 25.4 Å². The molecule has 0 aromatic rings. The third kappa shape index (κ3) is 1.69. The van der Waals surface area contributed by atoms with Crippen molar-refractivity contribution in [1.29, 1.82) is 0 Å². The van der Waals surface area contributed by atoms with Crippen molar-refractivity contribution >= 4 is 5.91 Å². The lowest BCUT2D eigenvalue weighted by molar-refractivity contribution is -0.150. The van der Waals surface area contributed by atoms with Gasteiger partial charge in [0.2, 0.25) is 5.91 Å². The molecule has 2 aliphatic rings. The summed E-state index contributed by atoms with van der Waals surface area (Å²) in [4.78, 5) is 13.6. The molecule has 1 N–H and O–H groups in total. The maximum Gasteiger partial charge on any atom is 0.249 e. The summed E-state index contributed by atoms with van der Waals surface area (Å²) in [5.74, 6) is 0.146. The number of amides is 1. The van der Waals surface area contributed by atoms with Gasteiger partial charge in [-0.1, -0.05) is 0 Å². The fourth-order valence-corrected chi connectivity index (χ4v) is 2.16. The summed E-state index contributed by atoms with van der Waals surface area (Å²) in [7, 11) is 0. The fraction of sp³-hybridized carbons (Fsp3) is 0.889. The Bertz CT molecular complexity index is 202. The highest BCUT2D eigenvalue weighted by Gasteiger charge is 2.32. The SMILES string of the molecule is CC1COCC(=O)N1C1CCNC1. The number of carbonyl (C=O) groups excluding carboxylic acids is 1. The molecular formula is C9H16N2O2. The van der Waals surface area contributed by atoms with E-state index in [1.165, 1.54) is 0 Å². The minimum absolute atomic E-state index is 0.146. The highest BCUT2D eigenvalue weighted by molar-refractivity contribution is 5.78. The van der Waals surface area contributed by atoms with Crippen LogP contribution in [0.3, 0.4) is 0 Å². The lowest BCUT2D eigenvalue weighted by Crippen LogP contribution is -2.53. The van der Waals surface area contributed by atoms with Crippen LogP contribution in [0.25, 0.3) is 0 Å². The third-order valence-electron chi connectivity index (χ3n) is 2.78. The molecule has 2 aliphatic heterocycles. The number of nitrogens with zero attached hydrogens (tertiary/aromatic N) is 1. The minimum atomic E-state index is 0.146. The molecule has 2 atom stereocenters. The summed E-state index contributed by atoms with van der Waals surface area (Å²) >= 11 is 0. The van der Waals surface area contributed by atoms with Crippen LogP contribution in [0.1, 0.15) is 13.3 Å². The average molecular weight is 184 g/mol. The number of hydrogen-bond acceptors (Lipinski definition) is 3. The molecule has 2 fully saturated rings. The van der Waals surface area contributed by atoms with Gasteiger partial charge in [-0.05, 0) is 19.9 Å². The number of rotatable bonds is 1. The molecule has 4 heteroatoms. The van der Waals surface area contributed by atoms with Crippen molar-refractivity contribution in [3.63, 3.8) is 0 Å². The predicted octanol–water partition coefficient (Wildman–Crippen LogP) is -0.404. The molecule has 0 aliphatic carbocycles. The fourth-order valence-electron chi connectivity index (χ4n) is 2.16. The molecule has 0 aromatic heterocycles. The number of hydrogen-bond donors (Lipinski definition) is 1. The van der Waals surface area contributed by atoms with E-state index in [1.807, 2.05) is 4.90 Å².